The number of hydrogen-bond acceptors (Lipinski definition) is 4. The van der Waals surface area contributed by atoms with Gasteiger partial charge in [0.25, 0.3) is 0 Å². The highest BCUT2D eigenvalue weighted by molar-refractivity contribution is 5.44. The molecular formula is C22H27N3O. The molecule has 0 aromatic heterocycles. The van der Waals surface area contributed by atoms with Gasteiger partial charge in [0.2, 0.25) is 0 Å². The molecule has 136 valence electrons. The van der Waals surface area contributed by atoms with Gasteiger partial charge in [-0.15, -0.1) is 0 Å². The molecule has 0 unspecified atom stereocenters. The first-order valence-corrected chi connectivity index (χ1v) is 9.28. The molecule has 1 N–H and O–H groups in total. The zero-order valence-corrected chi connectivity index (χ0v) is 15.7. The minimum atomic E-state index is 0.155. The van der Waals surface area contributed by atoms with E-state index in [1.165, 1.54) is 11.1 Å². The zero-order chi connectivity index (χ0) is 18.4. The first-order valence-electron chi connectivity index (χ1n) is 9.28. The average Bonchev–Trinajstić information content (AvgIpc) is 2.67. The van der Waals surface area contributed by atoms with E-state index < -0.39 is 0 Å². The Morgan fingerprint density at radius 1 is 1.12 bits per heavy atom. The van der Waals surface area contributed by atoms with Crippen LogP contribution in [0.5, 0.6) is 5.75 Å². The first-order chi connectivity index (χ1) is 12.7. The highest BCUT2D eigenvalue weighted by Crippen LogP contribution is 2.32. The Kier molecular flexibility index (Phi) is 6.27. The normalized spacial score (nSPS) is 16.0. The predicted molar refractivity (Wildman–Crippen MR) is 104 cm³/mol. The van der Waals surface area contributed by atoms with Gasteiger partial charge in [-0.3, -0.25) is 4.90 Å². The number of aryl methyl sites for hydroxylation is 2. The van der Waals surface area contributed by atoms with Crippen LogP contribution in [0.2, 0.25) is 0 Å². The Labute approximate surface area is 156 Å². The van der Waals surface area contributed by atoms with Gasteiger partial charge >= 0.3 is 0 Å². The molecule has 1 aliphatic heterocycles. The lowest BCUT2D eigenvalue weighted by Gasteiger charge is -2.34. The van der Waals surface area contributed by atoms with Crippen molar-refractivity contribution in [2.75, 3.05) is 26.2 Å². The average molecular weight is 349 g/mol. The van der Waals surface area contributed by atoms with Gasteiger partial charge in [-0.05, 0) is 36.1 Å². The molecule has 1 saturated heterocycles. The van der Waals surface area contributed by atoms with Crippen molar-refractivity contribution >= 4 is 0 Å². The molecule has 1 fully saturated rings. The predicted octanol–water partition coefficient (Wildman–Crippen LogP) is 3.74. The van der Waals surface area contributed by atoms with Crippen molar-refractivity contribution in [1.29, 1.82) is 5.26 Å². The minimum Gasteiger partial charge on any atom is -0.488 e. The lowest BCUT2D eigenvalue weighted by molar-refractivity contribution is 0.175. The molecule has 3 rings (SSSR count). The van der Waals surface area contributed by atoms with E-state index in [0.717, 1.165) is 43.1 Å². The summed E-state index contributed by atoms with van der Waals surface area (Å²) in [7, 11) is 0. The van der Waals surface area contributed by atoms with Gasteiger partial charge in [0.1, 0.15) is 12.4 Å². The van der Waals surface area contributed by atoms with Crippen molar-refractivity contribution in [3.63, 3.8) is 0 Å². The summed E-state index contributed by atoms with van der Waals surface area (Å²) in [5.74, 6) is 0.952. The molecule has 1 aliphatic rings. The van der Waals surface area contributed by atoms with Crippen LogP contribution in [0.25, 0.3) is 0 Å². The fraction of sp³-hybridized carbons (Fsp3) is 0.409. The number of nitrogens with zero attached hydrogens (tertiary/aromatic N) is 2. The molecule has 0 aliphatic carbocycles. The molecule has 0 saturated carbocycles. The minimum absolute atomic E-state index is 0.155. The zero-order valence-electron chi connectivity index (χ0n) is 15.7. The maximum atomic E-state index is 9.32. The number of ether oxygens (including phenoxy) is 1. The van der Waals surface area contributed by atoms with Crippen LogP contribution in [0.15, 0.2) is 42.5 Å². The van der Waals surface area contributed by atoms with Gasteiger partial charge in [0.05, 0.1) is 12.5 Å². The first kappa shape index (κ1) is 18.4. The second-order valence-corrected chi connectivity index (χ2v) is 6.92. The largest absolute Gasteiger partial charge is 0.488 e. The van der Waals surface area contributed by atoms with Crippen LogP contribution in [0.3, 0.4) is 0 Å². The Bertz CT molecular complexity index is 738. The third-order valence-electron chi connectivity index (χ3n) is 4.97. The quantitative estimate of drug-likeness (QED) is 0.863. The summed E-state index contributed by atoms with van der Waals surface area (Å²) in [6, 6.07) is 17.1. The molecule has 2 aromatic carbocycles. The molecule has 0 radical (unpaired) electrons. The lowest BCUT2D eigenvalue weighted by Crippen LogP contribution is -2.45. The van der Waals surface area contributed by atoms with Crippen molar-refractivity contribution in [1.82, 2.24) is 10.2 Å². The van der Waals surface area contributed by atoms with Gasteiger partial charge in [-0.1, -0.05) is 42.5 Å². The van der Waals surface area contributed by atoms with E-state index >= 15 is 0 Å². The summed E-state index contributed by atoms with van der Waals surface area (Å²) < 4.78 is 6.11. The molecular weight excluding hydrogens is 322 g/mol. The summed E-state index contributed by atoms with van der Waals surface area (Å²) >= 11 is 0. The molecule has 4 heteroatoms. The fourth-order valence-electron chi connectivity index (χ4n) is 3.67. The maximum absolute atomic E-state index is 9.32. The second kappa shape index (κ2) is 8.84. The fourth-order valence-corrected chi connectivity index (χ4v) is 3.67. The van der Waals surface area contributed by atoms with E-state index in [1.807, 2.05) is 18.2 Å². The SMILES string of the molecule is Cc1cc([C@@H](CC#N)N2CCNCC2)cc(C)c1OCc1ccccc1. The molecule has 26 heavy (non-hydrogen) atoms. The standard InChI is InChI=1S/C22H27N3O/c1-17-14-20(21(8-9-23)25-12-10-24-11-13-25)15-18(2)22(17)26-16-19-6-4-3-5-7-19/h3-7,14-15,21,24H,8,10-13,16H2,1-2H3/t21-/m1/s1. The third-order valence-corrected chi connectivity index (χ3v) is 4.97. The van der Waals surface area contributed by atoms with Crippen molar-refractivity contribution in [3.8, 4) is 11.8 Å². The van der Waals surface area contributed by atoms with Crippen LogP contribution < -0.4 is 10.1 Å². The van der Waals surface area contributed by atoms with Gasteiger partial charge in [0, 0.05) is 32.2 Å². The Hall–Kier alpha value is -2.35. The summed E-state index contributed by atoms with van der Waals surface area (Å²) in [6.07, 6.45) is 0.517. The van der Waals surface area contributed by atoms with Crippen molar-refractivity contribution < 1.29 is 4.74 Å². The van der Waals surface area contributed by atoms with Crippen LogP contribution >= 0.6 is 0 Å². The van der Waals surface area contributed by atoms with Crippen LogP contribution in [0, 0.1) is 25.2 Å². The summed E-state index contributed by atoms with van der Waals surface area (Å²) in [5, 5.41) is 12.7. The second-order valence-electron chi connectivity index (χ2n) is 6.92. The van der Waals surface area contributed by atoms with Crippen LogP contribution in [0.4, 0.5) is 0 Å². The summed E-state index contributed by atoms with van der Waals surface area (Å²) in [5.41, 5.74) is 4.65. The van der Waals surface area contributed by atoms with Crippen LogP contribution in [0.1, 0.15) is 34.7 Å². The van der Waals surface area contributed by atoms with Gasteiger partial charge < -0.3 is 10.1 Å². The number of piperazine rings is 1. The number of hydrogen-bond donors (Lipinski definition) is 1. The Morgan fingerprint density at radius 3 is 2.38 bits per heavy atom. The summed E-state index contributed by atoms with van der Waals surface area (Å²) in [6.45, 7) is 8.70. The molecule has 2 aromatic rings. The van der Waals surface area contributed by atoms with Crippen LogP contribution in [-0.4, -0.2) is 31.1 Å². The molecule has 4 nitrogen and oxygen atoms in total. The Balaban J connectivity index is 1.79. The van der Waals surface area contributed by atoms with E-state index in [4.69, 9.17) is 4.74 Å². The highest BCUT2D eigenvalue weighted by Gasteiger charge is 2.23. The van der Waals surface area contributed by atoms with E-state index in [9.17, 15) is 5.26 Å². The van der Waals surface area contributed by atoms with Crippen molar-refractivity contribution in [3.05, 3.63) is 64.7 Å². The summed E-state index contributed by atoms with van der Waals surface area (Å²) in [4.78, 5) is 2.42. The number of rotatable bonds is 6. The topological polar surface area (TPSA) is 48.3 Å². The van der Waals surface area contributed by atoms with Crippen LogP contribution in [-0.2, 0) is 6.61 Å². The maximum Gasteiger partial charge on any atom is 0.125 e. The number of nitrogens with one attached hydrogen (secondary N) is 1. The molecule has 0 amide bonds. The Morgan fingerprint density at radius 2 is 1.77 bits per heavy atom. The molecule has 1 heterocycles. The van der Waals surface area contributed by atoms with Crippen molar-refractivity contribution in [2.24, 2.45) is 0 Å². The lowest BCUT2D eigenvalue weighted by atomic mass is 9.96. The number of benzene rings is 2. The van der Waals surface area contributed by atoms with E-state index in [2.05, 4.69) is 54.4 Å². The molecule has 0 bridgehead atoms. The smallest absolute Gasteiger partial charge is 0.125 e. The van der Waals surface area contributed by atoms with E-state index in [-0.39, 0.29) is 6.04 Å². The monoisotopic (exact) mass is 349 g/mol. The highest BCUT2D eigenvalue weighted by atomic mass is 16.5. The molecule has 0 spiro atoms. The van der Waals surface area contributed by atoms with Gasteiger partial charge in [-0.25, -0.2) is 0 Å². The van der Waals surface area contributed by atoms with E-state index in [1.54, 1.807) is 0 Å². The number of nitriles is 1. The third kappa shape index (κ3) is 4.43. The molecule has 1 atom stereocenters. The van der Waals surface area contributed by atoms with Gasteiger partial charge in [0.15, 0.2) is 0 Å². The van der Waals surface area contributed by atoms with E-state index in [0.29, 0.717) is 13.0 Å². The van der Waals surface area contributed by atoms with Gasteiger partial charge in [-0.2, -0.15) is 5.26 Å². The van der Waals surface area contributed by atoms with Crippen molar-refractivity contribution in [2.45, 2.75) is 32.9 Å².